The maximum Gasteiger partial charge on any atom is 0.0722 e. The summed E-state index contributed by atoms with van der Waals surface area (Å²) in [6.07, 6.45) is 11.2. The molecule has 2 aliphatic rings. The Bertz CT molecular complexity index is 1960. The van der Waals surface area contributed by atoms with Gasteiger partial charge in [0.1, 0.15) is 0 Å². The van der Waals surface area contributed by atoms with E-state index in [1.807, 2.05) is 0 Å². The Balaban J connectivity index is 1.28. The number of nitrogens with zero attached hydrogens (tertiary/aromatic N) is 1. The first-order valence-corrected chi connectivity index (χ1v) is 13.1. The predicted molar refractivity (Wildman–Crippen MR) is 156 cm³/mol. The van der Waals surface area contributed by atoms with Crippen LogP contribution in [0.3, 0.4) is 0 Å². The summed E-state index contributed by atoms with van der Waals surface area (Å²) in [5, 5.41) is 6.42. The molecule has 0 radical (unpaired) electrons. The lowest BCUT2D eigenvalue weighted by atomic mass is 9.85. The second-order valence-corrected chi connectivity index (χ2v) is 10.6. The lowest BCUT2D eigenvalue weighted by molar-refractivity contribution is 1.01. The fourth-order valence-electron chi connectivity index (χ4n) is 5.97. The normalized spacial score (nSPS) is 15.6. The highest BCUT2D eigenvalue weighted by atomic mass is 79.9. The lowest BCUT2D eigenvalue weighted by Crippen LogP contribution is -2.16. The molecule has 2 aliphatic carbocycles. The zero-order chi connectivity index (χ0) is 23.8. The van der Waals surface area contributed by atoms with Crippen LogP contribution in [0.2, 0.25) is 0 Å². The van der Waals surface area contributed by atoms with Crippen LogP contribution in [0.5, 0.6) is 0 Å². The Morgan fingerprint density at radius 1 is 0.639 bits per heavy atom. The average Bonchev–Trinajstić information content (AvgIpc) is 3.35. The molecular formula is C34H20BrN. The van der Waals surface area contributed by atoms with Gasteiger partial charge in [-0.25, -0.2) is 4.98 Å². The van der Waals surface area contributed by atoms with Crippen molar-refractivity contribution in [2.75, 3.05) is 0 Å². The van der Waals surface area contributed by atoms with Gasteiger partial charge in [0.05, 0.1) is 11.0 Å². The van der Waals surface area contributed by atoms with E-state index in [-0.39, 0.29) is 5.92 Å². The van der Waals surface area contributed by atoms with Gasteiger partial charge in [-0.3, -0.25) is 0 Å². The van der Waals surface area contributed by atoms with E-state index in [9.17, 15) is 0 Å². The highest BCUT2D eigenvalue weighted by molar-refractivity contribution is 9.10. The van der Waals surface area contributed by atoms with Crippen LogP contribution in [0.4, 0.5) is 0 Å². The first kappa shape index (κ1) is 20.2. The van der Waals surface area contributed by atoms with Crippen molar-refractivity contribution < 1.29 is 0 Å². The Morgan fingerprint density at radius 3 is 2.14 bits per heavy atom. The van der Waals surface area contributed by atoms with Crippen molar-refractivity contribution in [3.8, 4) is 11.1 Å². The number of aromatic nitrogens is 1. The van der Waals surface area contributed by atoms with Crippen LogP contribution in [-0.2, 0) is 0 Å². The molecule has 1 aromatic heterocycles. The second kappa shape index (κ2) is 7.49. The average molecular weight is 522 g/mol. The number of hydrogen-bond donors (Lipinski definition) is 0. The minimum atomic E-state index is 0.210. The van der Waals surface area contributed by atoms with E-state index < -0.39 is 0 Å². The maximum atomic E-state index is 5.16. The number of fused-ring (bicyclic) bond motifs is 3. The predicted octanol–water partition coefficient (Wildman–Crippen LogP) is 8.66. The van der Waals surface area contributed by atoms with Crippen molar-refractivity contribution in [2.45, 2.75) is 5.92 Å². The number of rotatable bonds is 2. The molecule has 6 aromatic rings. The molecule has 0 amide bonds. The molecule has 2 heteroatoms. The van der Waals surface area contributed by atoms with Crippen LogP contribution < -0.4 is 5.22 Å². The van der Waals surface area contributed by atoms with Crippen molar-refractivity contribution in [3.63, 3.8) is 0 Å². The Labute approximate surface area is 217 Å². The largest absolute Gasteiger partial charge is 0.248 e. The van der Waals surface area contributed by atoms with Crippen LogP contribution in [0.15, 0.2) is 102 Å². The van der Waals surface area contributed by atoms with E-state index in [4.69, 9.17) is 4.98 Å². The number of allylic oxidation sites excluding steroid dienone is 2. The smallest absolute Gasteiger partial charge is 0.0722 e. The lowest BCUT2D eigenvalue weighted by Gasteiger charge is -2.19. The molecule has 0 fully saturated rings. The van der Waals surface area contributed by atoms with Crippen molar-refractivity contribution in [3.05, 3.63) is 129 Å². The number of benzene rings is 5. The number of halogens is 1. The summed E-state index contributed by atoms with van der Waals surface area (Å²) in [5.41, 5.74) is 9.80. The molecule has 1 atom stereocenters. The van der Waals surface area contributed by atoms with E-state index >= 15 is 0 Å². The molecule has 0 spiro atoms. The fourth-order valence-corrected chi connectivity index (χ4v) is 6.23. The highest BCUT2D eigenvalue weighted by Gasteiger charge is 2.19. The van der Waals surface area contributed by atoms with Gasteiger partial charge < -0.3 is 0 Å². The summed E-state index contributed by atoms with van der Waals surface area (Å²) >= 11 is 3.53. The molecule has 1 unspecified atom stereocenters. The molecule has 0 aliphatic heterocycles. The third-order valence-corrected chi connectivity index (χ3v) is 8.27. The summed E-state index contributed by atoms with van der Waals surface area (Å²) in [7, 11) is 0. The molecule has 0 saturated heterocycles. The number of pyridine rings is 1. The number of hydrogen-bond acceptors (Lipinski definition) is 1. The third kappa shape index (κ3) is 2.91. The minimum absolute atomic E-state index is 0.210. The Hall–Kier alpha value is -4.01. The first-order chi connectivity index (χ1) is 17.7. The monoisotopic (exact) mass is 521 g/mol. The van der Waals surface area contributed by atoms with Crippen LogP contribution in [0.1, 0.15) is 28.2 Å². The van der Waals surface area contributed by atoms with Crippen molar-refractivity contribution in [1.29, 1.82) is 0 Å². The van der Waals surface area contributed by atoms with Crippen LogP contribution >= 0.6 is 15.9 Å². The molecule has 0 N–H and O–H groups in total. The highest BCUT2D eigenvalue weighted by Crippen LogP contribution is 2.40. The maximum absolute atomic E-state index is 5.16. The van der Waals surface area contributed by atoms with Gasteiger partial charge in [0.2, 0.25) is 0 Å². The standard InChI is InChI=1S/C34H20BrN/c35-26-14-10-21(11-15-26)20-4-6-22(7-5-20)27-3-1-2-25-18-30-28-16-12-23-8-9-24-13-17-31(34(28)33(23)24)36-32(30)19-29(25)27/h1-19,27H. The molecule has 168 valence electrons. The quantitative estimate of drug-likeness (QED) is 0.164. The van der Waals surface area contributed by atoms with Crippen LogP contribution in [0, 0.1) is 0 Å². The SMILES string of the molecule is Brc1ccc(-c2ccc(C3C=CC=c4cc5c(cc43)nc3ccc4c6c(ccc5c36)C=C4)cc2)cc1. The third-order valence-electron chi connectivity index (χ3n) is 7.74. The van der Waals surface area contributed by atoms with Crippen molar-refractivity contribution in [2.24, 2.45) is 0 Å². The van der Waals surface area contributed by atoms with Crippen LogP contribution in [-0.4, -0.2) is 4.98 Å². The molecular weight excluding hydrogens is 502 g/mol. The fraction of sp³-hybridized carbons (Fsp3) is 0.0294. The molecule has 8 rings (SSSR count). The van der Waals surface area contributed by atoms with Gasteiger partial charge in [-0.1, -0.05) is 101 Å². The summed E-state index contributed by atoms with van der Waals surface area (Å²) in [6, 6.07) is 31.0. The van der Waals surface area contributed by atoms with Crippen molar-refractivity contribution in [1.82, 2.24) is 4.98 Å². The summed E-state index contributed by atoms with van der Waals surface area (Å²) in [4.78, 5) is 5.16. The van der Waals surface area contributed by atoms with Gasteiger partial charge >= 0.3 is 0 Å². The van der Waals surface area contributed by atoms with Crippen molar-refractivity contribution >= 4 is 66.7 Å². The minimum Gasteiger partial charge on any atom is -0.248 e. The zero-order valence-corrected chi connectivity index (χ0v) is 21.0. The van der Waals surface area contributed by atoms with Gasteiger partial charge in [0.25, 0.3) is 0 Å². The molecule has 0 saturated carbocycles. The summed E-state index contributed by atoms with van der Waals surface area (Å²) in [5.74, 6) is 0.210. The van der Waals surface area contributed by atoms with Gasteiger partial charge in [0, 0.05) is 21.2 Å². The van der Waals surface area contributed by atoms with Gasteiger partial charge in [-0.05, 0) is 79.7 Å². The molecule has 0 bridgehead atoms. The van der Waals surface area contributed by atoms with Gasteiger partial charge in [0.15, 0.2) is 0 Å². The Morgan fingerprint density at radius 2 is 1.36 bits per heavy atom. The molecule has 1 nitrogen and oxygen atoms in total. The summed E-state index contributed by atoms with van der Waals surface area (Å²) in [6.45, 7) is 0. The zero-order valence-electron chi connectivity index (χ0n) is 19.4. The molecule has 1 heterocycles. The second-order valence-electron chi connectivity index (χ2n) is 9.73. The molecule has 5 aromatic carbocycles. The van der Waals surface area contributed by atoms with E-state index in [0.29, 0.717) is 0 Å². The molecule has 36 heavy (non-hydrogen) atoms. The first-order valence-electron chi connectivity index (χ1n) is 12.3. The summed E-state index contributed by atoms with van der Waals surface area (Å²) < 4.78 is 1.10. The topological polar surface area (TPSA) is 12.9 Å². The van der Waals surface area contributed by atoms with E-state index in [0.717, 1.165) is 15.5 Å². The van der Waals surface area contributed by atoms with Gasteiger partial charge in [-0.15, -0.1) is 0 Å². The Kier molecular flexibility index (Phi) is 4.21. The van der Waals surface area contributed by atoms with E-state index in [1.165, 1.54) is 60.1 Å². The van der Waals surface area contributed by atoms with Crippen LogP contribution in [0.25, 0.3) is 61.9 Å². The van der Waals surface area contributed by atoms with Gasteiger partial charge in [-0.2, -0.15) is 0 Å². The van der Waals surface area contributed by atoms with E-state index in [1.54, 1.807) is 0 Å². The van der Waals surface area contributed by atoms with E-state index in [2.05, 4.69) is 131 Å².